The van der Waals surface area contributed by atoms with Gasteiger partial charge in [-0.3, -0.25) is 9.69 Å². The summed E-state index contributed by atoms with van der Waals surface area (Å²) in [4.78, 5) is 14.6. The summed E-state index contributed by atoms with van der Waals surface area (Å²) in [6.45, 7) is 7.15. The summed E-state index contributed by atoms with van der Waals surface area (Å²) in [5.41, 5.74) is -0.163. The van der Waals surface area contributed by atoms with Crippen LogP contribution in [0.15, 0.2) is 0 Å². The van der Waals surface area contributed by atoms with Gasteiger partial charge in [0.1, 0.15) is 5.78 Å². The third-order valence-electron chi connectivity index (χ3n) is 4.41. The first-order valence-electron chi connectivity index (χ1n) is 7.01. The molecule has 4 heteroatoms. The summed E-state index contributed by atoms with van der Waals surface area (Å²) in [6.07, 6.45) is 3.14. The van der Waals surface area contributed by atoms with E-state index in [0.29, 0.717) is 19.0 Å². The van der Waals surface area contributed by atoms with Crippen LogP contribution in [0.4, 0.5) is 0 Å². The number of morpholine rings is 1. The number of ketones is 1. The molecule has 0 aromatic heterocycles. The van der Waals surface area contributed by atoms with Crippen molar-refractivity contribution in [1.82, 2.24) is 4.90 Å². The van der Waals surface area contributed by atoms with Crippen molar-refractivity contribution >= 4 is 5.78 Å². The number of nitrogens with zero attached hydrogens (tertiary/aromatic N) is 1. The Labute approximate surface area is 109 Å². The Morgan fingerprint density at radius 1 is 1.50 bits per heavy atom. The van der Waals surface area contributed by atoms with Gasteiger partial charge in [0.05, 0.1) is 25.9 Å². The Balaban J connectivity index is 1.97. The van der Waals surface area contributed by atoms with Crippen LogP contribution in [-0.2, 0) is 9.53 Å². The Morgan fingerprint density at radius 3 is 3.00 bits per heavy atom. The Bertz CT molecular complexity index is 303. The average molecular weight is 255 g/mol. The molecule has 0 bridgehead atoms. The summed E-state index contributed by atoms with van der Waals surface area (Å²) in [5, 5.41) is 9.35. The fraction of sp³-hybridized carbons (Fsp3) is 0.929. The van der Waals surface area contributed by atoms with E-state index in [1.807, 2.05) is 0 Å². The second-order valence-electron chi connectivity index (χ2n) is 6.24. The molecule has 1 saturated heterocycles. The fourth-order valence-corrected chi connectivity index (χ4v) is 3.15. The molecule has 0 radical (unpaired) electrons. The summed E-state index contributed by atoms with van der Waals surface area (Å²) < 4.78 is 5.37. The van der Waals surface area contributed by atoms with Crippen LogP contribution in [0.3, 0.4) is 0 Å². The molecular weight excluding hydrogens is 230 g/mol. The molecule has 1 N–H and O–H groups in total. The van der Waals surface area contributed by atoms with Crippen molar-refractivity contribution in [2.45, 2.75) is 39.2 Å². The first-order chi connectivity index (χ1) is 8.54. The lowest BCUT2D eigenvalue weighted by molar-refractivity contribution is -0.136. The monoisotopic (exact) mass is 255 g/mol. The Hall–Kier alpha value is -0.450. The first kappa shape index (κ1) is 14.0. The minimum absolute atomic E-state index is 0.0663. The van der Waals surface area contributed by atoms with Crippen molar-refractivity contribution in [1.29, 1.82) is 0 Å². The zero-order chi connectivity index (χ0) is 13.2. The highest BCUT2D eigenvalue weighted by atomic mass is 16.5. The van der Waals surface area contributed by atoms with E-state index in [9.17, 15) is 9.90 Å². The smallest absolute Gasteiger partial charge is 0.142 e. The molecule has 2 rings (SSSR count). The van der Waals surface area contributed by atoms with Gasteiger partial charge in [-0.15, -0.1) is 0 Å². The number of aliphatic hydroxyl groups excluding tert-OH is 1. The van der Waals surface area contributed by atoms with Gasteiger partial charge < -0.3 is 9.84 Å². The quantitative estimate of drug-likeness (QED) is 0.819. The van der Waals surface area contributed by atoms with E-state index in [2.05, 4.69) is 18.7 Å². The maximum Gasteiger partial charge on any atom is 0.142 e. The Morgan fingerprint density at radius 2 is 2.28 bits per heavy atom. The summed E-state index contributed by atoms with van der Waals surface area (Å²) in [5.74, 6) is 0.540. The average Bonchev–Trinajstić information content (AvgIpc) is 2.35. The van der Waals surface area contributed by atoms with Gasteiger partial charge in [-0.1, -0.05) is 20.3 Å². The molecule has 0 aromatic rings. The van der Waals surface area contributed by atoms with Crippen LogP contribution >= 0.6 is 0 Å². The lowest BCUT2D eigenvalue weighted by Gasteiger charge is -2.40. The molecule has 0 spiro atoms. The molecular formula is C14H25NO3. The lowest BCUT2D eigenvalue weighted by atomic mass is 9.71. The minimum atomic E-state index is -0.163. The second kappa shape index (κ2) is 5.68. The van der Waals surface area contributed by atoms with Gasteiger partial charge in [-0.2, -0.15) is 0 Å². The van der Waals surface area contributed by atoms with Crippen molar-refractivity contribution in [2.75, 3.05) is 32.9 Å². The summed E-state index contributed by atoms with van der Waals surface area (Å²) in [6, 6.07) is 0.0663. The highest BCUT2D eigenvalue weighted by Gasteiger charge is 2.38. The minimum Gasteiger partial charge on any atom is -0.395 e. The van der Waals surface area contributed by atoms with E-state index in [1.165, 1.54) is 0 Å². The highest BCUT2D eigenvalue weighted by Crippen LogP contribution is 2.36. The molecule has 2 unspecified atom stereocenters. The zero-order valence-electron chi connectivity index (χ0n) is 11.5. The highest BCUT2D eigenvalue weighted by molar-refractivity contribution is 5.87. The third kappa shape index (κ3) is 2.92. The van der Waals surface area contributed by atoms with Crippen molar-refractivity contribution in [3.63, 3.8) is 0 Å². The number of aliphatic hydroxyl groups is 1. The first-order valence-corrected chi connectivity index (χ1v) is 7.01. The van der Waals surface area contributed by atoms with Crippen LogP contribution in [0.1, 0.15) is 33.1 Å². The van der Waals surface area contributed by atoms with Gasteiger partial charge in [0, 0.05) is 24.4 Å². The van der Waals surface area contributed by atoms with Crippen molar-refractivity contribution in [3.8, 4) is 0 Å². The molecule has 104 valence electrons. The molecule has 1 heterocycles. The van der Waals surface area contributed by atoms with Crippen LogP contribution in [0.2, 0.25) is 0 Å². The van der Waals surface area contributed by atoms with Gasteiger partial charge in [0.25, 0.3) is 0 Å². The van der Waals surface area contributed by atoms with Gasteiger partial charge in [0.15, 0.2) is 0 Å². The van der Waals surface area contributed by atoms with E-state index in [4.69, 9.17) is 4.74 Å². The number of Topliss-reactive ketones (excluding diaryl/α,β-unsaturated/α-hetero) is 1. The molecule has 1 saturated carbocycles. The molecule has 1 aliphatic heterocycles. The summed E-state index contributed by atoms with van der Waals surface area (Å²) >= 11 is 0. The van der Waals surface area contributed by atoms with Crippen molar-refractivity contribution in [3.05, 3.63) is 0 Å². The number of hydrogen-bond donors (Lipinski definition) is 1. The topological polar surface area (TPSA) is 49.8 Å². The number of carbonyl (C=O) groups is 1. The van der Waals surface area contributed by atoms with Gasteiger partial charge in [-0.05, 0) is 12.8 Å². The van der Waals surface area contributed by atoms with Crippen molar-refractivity contribution < 1.29 is 14.6 Å². The summed E-state index contributed by atoms with van der Waals surface area (Å²) in [7, 11) is 0. The SMILES string of the molecule is CC1(C)CCCC(CN2CCOCC2CO)C1=O. The van der Waals surface area contributed by atoms with Crippen LogP contribution in [0.25, 0.3) is 0 Å². The third-order valence-corrected chi connectivity index (χ3v) is 4.41. The van der Waals surface area contributed by atoms with E-state index in [1.54, 1.807) is 0 Å². The fourth-order valence-electron chi connectivity index (χ4n) is 3.15. The molecule has 2 fully saturated rings. The van der Waals surface area contributed by atoms with E-state index >= 15 is 0 Å². The number of carbonyl (C=O) groups excluding carboxylic acids is 1. The van der Waals surface area contributed by atoms with E-state index in [-0.39, 0.29) is 24.0 Å². The predicted octanol–water partition coefficient (Wildman–Crippen LogP) is 1.07. The molecule has 18 heavy (non-hydrogen) atoms. The molecule has 0 amide bonds. The van der Waals surface area contributed by atoms with Gasteiger partial charge in [0.2, 0.25) is 0 Å². The molecule has 2 aliphatic rings. The number of rotatable bonds is 3. The predicted molar refractivity (Wildman–Crippen MR) is 69.4 cm³/mol. The lowest BCUT2D eigenvalue weighted by Crippen LogP contribution is -2.51. The van der Waals surface area contributed by atoms with Crippen molar-refractivity contribution in [2.24, 2.45) is 11.3 Å². The molecule has 4 nitrogen and oxygen atoms in total. The van der Waals surface area contributed by atoms with E-state index in [0.717, 1.165) is 32.4 Å². The molecule has 1 aliphatic carbocycles. The normalized spacial score (nSPS) is 33.6. The van der Waals surface area contributed by atoms with Gasteiger partial charge >= 0.3 is 0 Å². The van der Waals surface area contributed by atoms with Crippen LogP contribution in [0, 0.1) is 11.3 Å². The molecule has 2 atom stereocenters. The number of hydrogen-bond acceptors (Lipinski definition) is 4. The van der Waals surface area contributed by atoms with Crippen LogP contribution in [0.5, 0.6) is 0 Å². The Kier molecular flexibility index (Phi) is 4.41. The second-order valence-corrected chi connectivity index (χ2v) is 6.24. The van der Waals surface area contributed by atoms with Crippen LogP contribution in [-0.4, -0.2) is 54.7 Å². The zero-order valence-corrected chi connectivity index (χ0v) is 11.5. The van der Waals surface area contributed by atoms with E-state index < -0.39 is 0 Å². The maximum absolute atomic E-state index is 12.4. The standard InChI is InChI=1S/C14H25NO3/c1-14(2)5-3-4-11(13(14)17)8-15-6-7-18-10-12(15)9-16/h11-12,16H,3-10H2,1-2H3. The number of ether oxygens (including phenoxy) is 1. The van der Waals surface area contributed by atoms with Crippen LogP contribution < -0.4 is 0 Å². The van der Waals surface area contributed by atoms with Gasteiger partial charge in [-0.25, -0.2) is 0 Å². The maximum atomic E-state index is 12.4. The largest absolute Gasteiger partial charge is 0.395 e. The molecule has 0 aromatic carbocycles.